The number of hydrogen-bond donors (Lipinski definition) is 0. The summed E-state index contributed by atoms with van der Waals surface area (Å²) in [6.07, 6.45) is 0.590. The van der Waals surface area contributed by atoms with Crippen molar-refractivity contribution < 1.29 is 9.53 Å². The zero-order valence-electron chi connectivity index (χ0n) is 20.1. The number of carbonyl (C=O) groups is 1. The number of benzene rings is 3. The molecule has 0 N–H and O–H groups in total. The lowest BCUT2D eigenvalue weighted by Crippen LogP contribution is -2.62. The number of esters is 1. The van der Waals surface area contributed by atoms with E-state index in [1.807, 2.05) is 83.8 Å². The first-order chi connectivity index (χ1) is 16.7. The van der Waals surface area contributed by atoms with E-state index in [-0.39, 0.29) is 18.1 Å². The van der Waals surface area contributed by atoms with Crippen molar-refractivity contribution in [3.8, 4) is 0 Å². The molecule has 0 radical (unpaired) electrons. The normalized spacial score (nSPS) is 17.5. The Hall–Kier alpha value is -3.02. The Balaban J connectivity index is 1.75. The monoisotopic (exact) mass is 509 g/mol. The van der Waals surface area contributed by atoms with E-state index in [2.05, 4.69) is 25.7 Å². The summed E-state index contributed by atoms with van der Waals surface area (Å²) in [6, 6.07) is 24.0. The molecule has 0 bridgehead atoms. The summed E-state index contributed by atoms with van der Waals surface area (Å²) in [6.45, 7) is 7.29. The molecule has 3 aromatic rings. The van der Waals surface area contributed by atoms with Crippen molar-refractivity contribution in [3.05, 3.63) is 94.5 Å². The molecule has 1 aliphatic rings. The van der Waals surface area contributed by atoms with Crippen LogP contribution in [0.3, 0.4) is 0 Å². The lowest BCUT2D eigenvalue weighted by Gasteiger charge is -2.48. The highest BCUT2D eigenvalue weighted by Crippen LogP contribution is 2.32. The first kappa shape index (κ1) is 25.1. The fourth-order valence-electron chi connectivity index (χ4n) is 4.08. The molecule has 7 heteroatoms. The van der Waals surface area contributed by atoms with Gasteiger partial charge in [0.1, 0.15) is 12.6 Å². The van der Waals surface area contributed by atoms with Crippen LogP contribution in [-0.4, -0.2) is 35.0 Å². The van der Waals surface area contributed by atoms with Gasteiger partial charge in [-0.15, -0.1) is 0 Å². The molecule has 3 aromatic carbocycles. The third-order valence-corrected chi connectivity index (χ3v) is 6.36. The summed E-state index contributed by atoms with van der Waals surface area (Å²) in [7, 11) is 0. The Morgan fingerprint density at radius 2 is 1.54 bits per heavy atom. The zero-order valence-corrected chi connectivity index (χ0v) is 21.6. The minimum atomic E-state index is -0.537. The van der Waals surface area contributed by atoms with Crippen molar-refractivity contribution in [3.63, 3.8) is 0 Å². The highest BCUT2D eigenvalue weighted by molar-refractivity contribution is 6.31. The molecule has 0 unspecified atom stereocenters. The van der Waals surface area contributed by atoms with Crippen LogP contribution in [0.25, 0.3) is 0 Å². The number of anilines is 1. The highest BCUT2D eigenvalue weighted by atomic mass is 35.5. The molecular weight excluding hydrogens is 481 g/mol. The average Bonchev–Trinajstić information content (AvgIpc) is 2.84. The molecule has 0 aliphatic carbocycles. The quantitative estimate of drug-likeness (QED) is 0.344. The van der Waals surface area contributed by atoms with Gasteiger partial charge in [-0.05, 0) is 81.3 Å². The SMILES string of the molecule is CC(C)(C)N1CC[C@@H](C(=O)OCc2ccccc2)N(c2ccc(Cl)cc2)C1=Nc1ccc(Cl)cc1. The van der Waals surface area contributed by atoms with Crippen LogP contribution in [0, 0.1) is 0 Å². The van der Waals surface area contributed by atoms with Crippen LogP contribution in [0.2, 0.25) is 10.0 Å². The molecule has 35 heavy (non-hydrogen) atoms. The van der Waals surface area contributed by atoms with Gasteiger partial charge in [-0.2, -0.15) is 0 Å². The number of guanidine groups is 1. The fourth-order valence-corrected chi connectivity index (χ4v) is 4.33. The van der Waals surface area contributed by atoms with Crippen LogP contribution in [0.5, 0.6) is 0 Å². The number of hydrogen-bond acceptors (Lipinski definition) is 3. The van der Waals surface area contributed by atoms with Gasteiger partial charge in [0.25, 0.3) is 0 Å². The topological polar surface area (TPSA) is 45.1 Å². The van der Waals surface area contributed by atoms with Crippen molar-refractivity contribution in [2.24, 2.45) is 4.99 Å². The van der Waals surface area contributed by atoms with Crippen LogP contribution in [0.15, 0.2) is 83.9 Å². The van der Waals surface area contributed by atoms with Crippen molar-refractivity contribution in [2.45, 2.75) is 45.4 Å². The molecular formula is C28H29Cl2N3O2. The third-order valence-electron chi connectivity index (χ3n) is 5.86. The molecule has 1 fully saturated rings. The van der Waals surface area contributed by atoms with Gasteiger partial charge >= 0.3 is 5.97 Å². The number of rotatable bonds is 5. The molecule has 0 spiro atoms. The molecule has 1 saturated heterocycles. The van der Waals surface area contributed by atoms with Crippen LogP contribution in [-0.2, 0) is 16.1 Å². The van der Waals surface area contributed by atoms with Gasteiger partial charge in [-0.1, -0.05) is 53.5 Å². The van der Waals surface area contributed by atoms with E-state index < -0.39 is 6.04 Å². The molecule has 1 atom stereocenters. The lowest BCUT2D eigenvalue weighted by molar-refractivity contribution is -0.147. The van der Waals surface area contributed by atoms with Gasteiger partial charge in [0.15, 0.2) is 0 Å². The maximum atomic E-state index is 13.4. The van der Waals surface area contributed by atoms with Crippen LogP contribution >= 0.6 is 23.2 Å². The summed E-state index contributed by atoms with van der Waals surface area (Å²) in [5.41, 5.74) is 2.28. The van der Waals surface area contributed by atoms with Gasteiger partial charge in [0.2, 0.25) is 5.96 Å². The molecule has 1 heterocycles. The van der Waals surface area contributed by atoms with E-state index >= 15 is 0 Å². The van der Waals surface area contributed by atoms with E-state index in [0.717, 1.165) is 16.9 Å². The van der Waals surface area contributed by atoms with Crippen LogP contribution in [0.1, 0.15) is 32.8 Å². The number of carbonyl (C=O) groups excluding carboxylic acids is 1. The Bertz CT molecular complexity index is 1170. The van der Waals surface area contributed by atoms with E-state index in [4.69, 9.17) is 32.9 Å². The number of halogens is 2. The first-order valence-corrected chi connectivity index (χ1v) is 12.4. The second-order valence-corrected chi connectivity index (χ2v) is 10.3. The van der Waals surface area contributed by atoms with Gasteiger partial charge in [-0.25, -0.2) is 9.79 Å². The van der Waals surface area contributed by atoms with Crippen LogP contribution < -0.4 is 4.90 Å². The molecule has 182 valence electrons. The van der Waals surface area contributed by atoms with Crippen molar-refractivity contribution >= 4 is 46.5 Å². The van der Waals surface area contributed by atoms with Gasteiger partial charge < -0.3 is 9.64 Å². The van der Waals surface area contributed by atoms with Crippen molar-refractivity contribution in [2.75, 3.05) is 11.4 Å². The van der Waals surface area contributed by atoms with E-state index in [1.165, 1.54) is 0 Å². The predicted octanol–water partition coefficient (Wildman–Crippen LogP) is 7.10. The predicted molar refractivity (Wildman–Crippen MR) is 144 cm³/mol. The number of aliphatic imine (C=N–C) groups is 1. The summed E-state index contributed by atoms with van der Waals surface area (Å²) >= 11 is 12.3. The second-order valence-electron chi connectivity index (χ2n) is 9.45. The summed E-state index contributed by atoms with van der Waals surface area (Å²) in [4.78, 5) is 22.6. The minimum Gasteiger partial charge on any atom is -0.459 e. The Labute approximate surface area is 216 Å². The summed E-state index contributed by atoms with van der Waals surface area (Å²) in [5, 5.41) is 1.26. The molecule has 4 rings (SSSR count). The van der Waals surface area contributed by atoms with Gasteiger partial charge in [-0.3, -0.25) is 4.90 Å². The Morgan fingerprint density at radius 3 is 2.14 bits per heavy atom. The fraction of sp³-hybridized carbons (Fsp3) is 0.286. The standard InChI is InChI=1S/C28H29Cl2N3O2/c1-28(2,3)32-18-17-25(26(34)35-19-20-7-5-4-6-8-20)33(24-15-11-22(30)12-16-24)27(32)31-23-13-9-21(29)10-14-23/h4-16,25H,17-19H2,1-3H3/t25-/m0/s1. The molecule has 5 nitrogen and oxygen atoms in total. The number of nitrogens with zero attached hydrogens (tertiary/aromatic N) is 3. The number of ether oxygens (including phenoxy) is 1. The van der Waals surface area contributed by atoms with E-state index in [0.29, 0.717) is 29.0 Å². The maximum Gasteiger partial charge on any atom is 0.329 e. The first-order valence-electron chi connectivity index (χ1n) is 11.6. The van der Waals surface area contributed by atoms with E-state index in [9.17, 15) is 4.79 Å². The van der Waals surface area contributed by atoms with Gasteiger partial charge in [0, 0.05) is 27.8 Å². The van der Waals surface area contributed by atoms with Gasteiger partial charge in [0.05, 0.1) is 5.69 Å². The molecule has 1 aliphatic heterocycles. The van der Waals surface area contributed by atoms with Crippen LogP contribution in [0.4, 0.5) is 11.4 Å². The zero-order chi connectivity index (χ0) is 25.0. The Morgan fingerprint density at radius 1 is 0.943 bits per heavy atom. The van der Waals surface area contributed by atoms with Crippen molar-refractivity contribution in [1.82, 2.24) is 4.90 Å². The van der Waals surface area contributed by atoms with Crippen molar-refractivity contribution in [1.29, 1.82) is 0 Å². The summed E-state index contributed by atoms with van der Waals surface area (Å²) in [5.74, 6) is 0.385. The molecule has 0 amide bonds. The Kier molecular flexibility index (Phi) is 7.68. The minimum absolute atomic E-state index is 0.220. The van der Waals surface area contributed by atoms with E-state index in [1.54, 1.807) is 0 Å². The molecule has 0 saturated carbocycles. The largest absolute Gasteiger partial charge is 0.459 e. The second kappa shape index (κ2) is 10.7. The smallest absolute Gasteiger partial charge is 0.329 e. The molecule has 0 aromatic heterocycles. The average molecular weight is 510 g/mol. The highest BCUT2D eigenvalue weighted by Gasteiger charge is 2.41. The third kappa shape index (κ3) is 6.16. The lowest BCUT2D eigenvalue weighted by atomic mass is 10.0. The summed E-state index contributed by atoms with van der Waals surface area (Å²) < 4.78 is 5.78. The maximum absolute atomic E-state index is 13.4.